The average molecular weight is 501 g/mol. The zero-order valence-corrected chi connectivity index (χ0v) is 20.8. The van der Waals surface area contributed by atoms with Crippen LogP contribution >= 0.6 is 0 Å². The molecule has 1 amide bonds. The van der Waals surface area contributed by atoms with Gasteiger partial charge in [-0.05, 0) is 60.4 Å². The SMILES string of the molecule is CC[C@@H](C)c1ccc2oc(-c3ccc(NC(=O)c4cc([N+](=O)[O-])ccc4N4CCOCC4)cc3)nc2c1. The number of hydrogen-bond acceptors (Lipinski definition) is 7. The predicted octanol–water partition coefficient (Wildman–Crippen LogP) is 6.01. The summed E-state index contributed by atoms with van der Waals surface area (Å²) in [5.74, 6) is 0.530. The topological polar surface area (TPSA) is 111 Å². The number of aromatic nitrogens is 1. The molecule has 37 heavy (non-hydrogen) atoms. The lowest BCUT2D eigenvalue weighted by atomic mass is 9.98. The molecule has 0 radical (unpaired) electrons. The van der Waals surface area contributed by atoms with E-state index in [9.17, 15) is 14.9 Å². The standard InChI is InChI=1S/C28H28N4O5/c1-3-18(2)20-6-11-26-24(16-20)30-28(37-26)19-4-7-21(8-5-19)29-27(33)23-17-22(32(34)35)9-10-25(23)31-12-14-36-15-13-31/h4-11,16-18H,3,12-15H2,1-2H3,(H,29,33)/t18-/m1/s1. The molecule has 1 N–H and O–H groups in total. The number of ether oxygens (including phenoxy) is 1. The number of fused-ring (bicyclic) bond motifs is 1. The van der Waals surface area contributed by atoms with Gasteiger partial charge in [-0.15, -0.1) is 0 Å². The fraction of sp³-hybridized carbons (Fsp3) is 0.286. The molecule has 1 saturated heterocycles. The maximum atomic E-state index is 13.2. The third-order valence-corrected chi connectivity index (χ3v) is 6.77. The van der Waals surface area contributed by atoms with Crippen LogP contribution in [0.4, 0.5) is 17.1 Å². The Kier molecular flexibility index (Phi) is 6.87. The number of nitro benzene ring substituents is 1. The number of nitrogens with one attached hydrogen (secondary N) is 1. The van der Waals surface area contributed by atoms with Crippen LogP contribution in [0.5, 0.6) is 0 Å². The molecular weight excluding hydrogens is 472 g/mol. The number of morpholine rings is 1. The van der Waals surface area contributed by atoms with Crippen LogP contribution in [0.15, 0.2) is 65.1 Å². The Hall–Kier alpha value is -4.24. The number of nitro groups is 1. The molecule has 3 aromatic carbocycles. The average Bonchev–Trinajstić information content (AvgIpc) is 3.36. The van der Waals surface area contributed by atoms with Gasteiger partial charge in [0.25, 0.3) is 11.6 Å². The van der Waals surface area contributed by atoms with Crippen LogP contribution in [-0.4, -0.2) is 42.1 Å². The van der Waals surface area contributed by atoms with Gasteiger partial charge in [-0.2, -0.15) is 0 Å². The van der Waals surface area contributed by atoms with Gasteiger partial charge in [-0.3, -0.25) is 14.9 Å². The van der Waals surface area contributed by atoms with Crippen LogP contribution in [0.3, 0.4) is 0 Å². The van der Waals surface area contributed by atoms with E-state index < -0.39 is 10.8 Å². The Morgan fingerprint density at radius 1 is 1.11 bits per heavy atom. The van der Waals surface area contributed by atoms with E-state index in [4.69, 9.17) is 9.15 Å². The van der Waals surface area contributed by atoms with Crippen LogP contribution in [0.25, 0.3) is 22.6 Å². The first-order valence-electron chi connectivity index (χ1n) is 12.4. The summed E-state index contributed by atoms with van der Waals surface area (Å²) in [5, 5.41) is 14.2. The van der Waals surface area contributed by atoms with E-state index >= 15 is 0 Å². The van der Waals surface area contributed by atoms with Gasteiger partial charge >= 0.3 is 0 Å². The molecular formula is C28H28N4O5. The second-order valence-electron chi connectivity index (χ2n) is 9.14. The van der Waals surface area contributed by atoms with Crippen LogP contribution in [0, 0.1) is 10.1 Å². The highest BCUT2D eigenvalue weighted by Gasteiger charge is 2.22. The Bertz CT molecular complexity index is 1440. The fourth-order valence-corrected chi connectivity index (χ4v) is 4.40. The first-order valence-corrected chi connectivity index (χ1v) is 12.4. The highest BCUT2D eigenvalue weighted by Crippen LogP contribution is 2.30. The molecule has 9 heteroatoms. The Balaban J connectivity index is 1.37. The molecule has 0 spiro atoms. The number of oxazole rings is 1. The highest BCUT2D eigenvalue weighted by molar-refractivity contribution is 6.08. The lowest BCUT2D eigenvalue weighted by Gasteiger charge is -2.30. The van der Waals surface area contributed by atoms with Crippen molar-refractivity contribution >= 4 is 34.1 Å². The molecule has 4 aromatic rings. The number of anilines is 2. The van der Waals surface area contributed by atoms with Crippen molar-refractivity contribution in [2.45, 2.75) is 26.2 Å². The number of hydrogen-bond donors (Lipinski definition) is 1. The van der Waals surface area contributed by atoms with Gasteiger partial charge in [0.15, 0.2) is 5.58 Å². The number of carbonyl (C=O) groups is 1. The first kappa shape index (κ1) is 24.5. The largest absolute Gasteiger partial charge is 0.436 e. The lowest BCUT2D eigenvalue weighted by Crippen LogP contribution is -2.37. The first-order chi connectivity index (χ1) is 17.9. The van der Waals surface area contributed by atoms with E-state index in [2.05, 4.69) is 36.3 Å². The van der Waals surface area contributed by atoms with E-state index in [0.29, 0.717) is 49.5 Å². The molecule has 1 atom stereocenters. The zero-order chi connectivity index (χ0) is 25.9. The zero-order valence-electron chi connectivity index (χ0n) is 20.8. The molecule has 1 aliphatic rings. The monoisotopic (exact) mass is 500 g/mol. The highest BCUT2D eigenvalue weighted by atomic mass is 16.6. The summed E-state index contributed by atoms with van der Waals surface area (Å²) < 4.78 is 11.4. The van der Waals surface area contributed by atoms with Crippen molar-refractivity contribution in [2.24, 2.45) is 0 Å². The molecule has 1 aromatic heterocycles. The smallest absolute Gasteiger partial charge is 0.270 e. The molecule has 5 rings (SSSR count). The van der Waals surface area contributed by atoms with Crippen LogP contribution in [0.1, 0.15) is 42.1 Å². The van der Waals surface area contributed by atoms with E-state index in [1.165, 1.54) is 17.7 Å². The van der Waals surface area contributed by atoms with Crippen molar-refractivity contribution in [3.63, 3.8) is 0 Å². The van der Waals surface area contributed by atoms with Gasteiger partial charge < -0.3 is 19.4 Å². The number of non-ortho nitro benzene ring substituents is 1. The third-order valence-electron chi connectivity index (χ3n) is 6.77. The van der Waals surface area contributed by atoms with Gasteiger partial charge in [-0.1, -0.05) is 19.9 Å². The van der Waals surface area contributed by atoms with Crippen molar-refractivity contribution in [3.8, 4) is 11.5 Å². The van der Waals surface area contributed by atoms with E-state index in [1.807, 2.05) is 23.1 Å². The molecule has 9 nitrogen and oxygen atoms in total. The van der Waals surface area contributed by atoms with Crippen molar-refractivity contribution < 1.29 is 18.9 Å². The Morgan fingerprint density at radius 3 is 2.57 bits per heavy atom. The van der Waals surface area contributed by atoms with Crippen LogP contribution in [0.2, 0.25) is 0 Å². The van der Waals surface area contributed by atoms with E-state index in [1.54, 1.807) is 18.2 Å². The quantitative estimate of drug-likeness (QED) is 0.244. The molecule has 1 aliphatic heterocycles. The second kappa shape index (κ2) is 10.4. The summed E-state index contributed by atoms with van der Waals surface area (Å²) in [4.78, 5) is 30.7. The number of carbonyl (C=O) groups excluding carboxylic acids is 1. The number of benzene rings is 3. The number of amides is 1. The van der Waals surface area contributed by atoms with Gasteiger partial charge in [-0.25, -0.2) is 4.98 Å². The van der Waals surface area contributed by atoms with Crippen LogP contribution in [-0.2, 0) is 4.74 Å². The van der Waals surface area contributed by atoms with Crippen LogP contribution < -0.4 is 10.2 Å². The third kappa shape index (κ3) is 5.17. The summed E-state index contributed by atoms with van der Waals surface area (Å²) >= 11 is 0. The summed E-state index contributed by atoms with van der Waals surface area (Å²) in [6, 6.07) is 17.6. The summed E-state index contributed by atoms with van der Waals surface area (Å²) in [6.07, 6.45) is 1.05. The number of rotatable bonds is 7. The Morgan fingerprint density at radius 2 is 1.86 bits per heavy atom. The normalized spacial score (nSPS) is 14.5. The minimum absolute atomic E-state index is 0.134. The number of nitrogens with zero attached hydrogens (tertiary/aromatic N) is 3. The van der Waals surface area contributed by atoms with Crippen molar-refractivity contribution in [1.82, 2.24) is 4.98 Å². The van der Waals surface area contributed by atoms with Gasteiger partial charge in [0.05, 0.1) is 29.4 Å². The van der Waals surface area contributed by atoms with E-state index in [-0.39, 0.29) is 11.3 Å². The maximum Gasteiger partial charge on any atom is 0.270 e. The molecule has 0 saturated carbocycles. The minimum atomic E-state index is -0.499. The summed E-state index contributed by atoms with van der Waals surface area (Å²) in [6.45, 7) is 6.63. The molecule has 1 fully saturated rings. The molecule has 0 bridgehead atoms. The summed E-state index contributed by atoms with van der Waals surface area (Å²) in [7, 11) is 0. The van der Waals surface area contributed by atoms with Gasteiger partial charge in [0, 0.05) is 36.5 Å². The second-order valence-corrected chi connectivity index (χ2v) is 9.14. The molecule has 190 valence electrons. The predicted molar refractivity (Wildman–Crippen MR) is 142 cm³/mol. The summed E-state index contributed by atoms with van der Waals surface area (Å²) in [5.41, 5.74) is 4.86. The molecule has 2 heterocycles. The fourth-order valence-electron chi connectivity index (χ4n) is 4.40. The van der Waals surface area contributed by atoms with Crippen molar-refractivity contribution in [3.05, 3.63) is 81.9 Å². The minimum Gasteiger partial charge on any atom is -0.436 e. The molecule has 0 aliphatic carbocycles. The van der Waals surface area contributed by atoms with Crippen molar-refractivity contribution in [2.75, 3.05) is 36.5 Å². The Labute approximate surface area is 214 Å². The molecule has 0 unspecified atom stereocenters. The van der Waals surface area contributed by atoms with Gasteiger partial charge in [0.2, 0.25) is 5.89 Å². The van der Waals surface area contributed by atoms with E-state index in [0.717, 1.165) is 23.1 Å². The van der Waals surface area contributed by atoms with Gasteiger partial charge in [0.1, 0.15) is 5.52 Å². The maximum absolute atomic E-state index is 13.2. The van der Waals surface area contributed by atoms with Crippen molar-refractivity contribution in [1.29, 1.82) is 0 Å². The lowest BCUT2D eigenvalue weighted by molar-refractivity contribution is -0.384.